The summed E-state index contributed by atoms with van der Waals surface area (Å²) in [5, 5.41) is 9.40. The summed E-state index contributed by atoms with van der Waals surface area (Å²) in [5.74, 6) is 0. The predicted molar refractivity (Wildman–Crippen MR) is 70.4 cm³/mol. The van der Waals surface area contributed by atoms with Gasteiger partial charge in [0.05, 0.1) is 11.9 Å². The Hall–Kier alpha value is -1.49. The molecule has 0 aliphatic rings. The van der Waals surface area contributed by atoms with Crippen molar-refractivity contribution in [1.29, 1.82) is 0 Å². The lowest BCUT2D eigenvalue weighted by atomic mass is 9.87. The minimum atomic E-state index is -6.01. The van der Waals surface area contributed by atoms with Crippen LogP contribution in [0.4, 0.5) is 32.0 Å². The molecule has 1 aromatic carbocycles. The molecule has 0 aromatic heterocycles. The molecule has 4 nitrogen and oxygen atoms in total. The van der Waals surface area contributed by atoms with Crippen LogP contribution in [0.1, 0.15) is 16.7 Å². The third kappa shape index (κ3) is 3.71. The van der Waals surface area contributed by atoms with Gasteiger partial charge in [0.2, 0.25) is 10.0 Å². The number of benzene rings is 1. The molecule has 0 unspecified atom stereocenters. The Kier molecular flexibility index (Phi) is 4.72. The van der Waals surface area contributed by atoms with E-state index >= 15 is 0 Å². The fourth-order valence-electron chi connectivity index (χ4n) is 1.98. The SMILES string of the molecule is Cc1cc(C(O)(C(F)(F)F)C(F)(F)F)c(C)cc1NS(C)(=O)=O. The molecule has 0 bridgehead atoms. The van der Waals surface area contributed by atoms with Gasteiger partial charge in [-0.3, -0.25) is 4.72 Å². The first-order valence-electron chi connectivity index (χ1n) is 5.96. The van der Waals surface area contributed by atoms with E-state index in [1.54, 1.807) is 0 Å². The van der Waals surface area contributed by atoms with E-state index in [9.17, 15) is 39.9 Å². The van der Waals surface area contributed by atoms with E-state index in [-0.39, 0.29) is 11.3 Å². The molecule has 132 valence electrons. The number of anilines is 1. The number of halogens is 6. The molecule has 0 fully saturated rings. The number of hydrogen-bond donors (Lipinski definition) is 2. The molecule has 0 spiro atoms. The second-order valence-electron chi connectivity index (χ2n) is 5.06. The summed E-state index contributed by atoms with van der Waals surface area (Å²) < 4.78 is 102. The van der Waals surface area contributed by atoms with Gasteiger partial charge in [-0.25, -0.2) is 8.42 Å². The van der Waals surface area contributed by atoms with Crippen molar-refractivity contribution < 1.29 is 39.9 Å². The Balaban J connectivity index is 3.63. The smallest absolute Gasteiger partial charge is 0.369 e. The summed E-state index contributed by atoms with van der Waals surface area (Å²) in [4.78, 5) is 0. The van der Waals surface area contributed by atoms with Gasteiger partial charge in [0.1, 0.15) is 0 Å². The van der Waals surface area contributed by atoms with Crippen LogP contribution in [-0.4, -0.2) is 32.1 Å². The van der Waals surface area contributed by atoms with Crippen molar-refractivity contribution in [3.8, 4) is 0 Å². The lowest BCUT2D eigenvalue weighted by molar-refractivity contribution is -0.376. The van der Waals surface area contributed by atoms with Gasteiger partial charge in [0.25, 0.3) is 5.60 Å². The molecule has 0 saturated heterocycles. The summed E-state index contributed by atoms with van der Waals surface area (Å²) in [7, 11) is -3.78. The molecular weight excluding hydrogens is 352 g/mol. The molecular formula is C12H13F6NO3S. The summed E-state index contributed by atoms with van der Waals surface area (Å²) in [5.41, 5.74) is -7.42. The molecule has 0 amide bonds. The van der Waals surface area contributed by atoms with Gasteiger partial charge in [0, 0.05) is 5.56 Å². The zero-order chi connectivity index (χ0) is 18.4. The molecule has 11 heteroatoms. The number of sulfonamides is 1. The number of aliphatic hydroxyl groups is 1. The fourth-order valence-corrected chi connectivity index (χ4v) is 2.60. The van der Waals surface area contributed by atoms with Gasteiger partial charge in [-0.05, 0) is 31.0 Å². The van der Waals surface area contributed by atoms with Crippen LogP contribution in [0.2, 0.25) is 0 Å². The highest BCUT2D eigenvalue weighted by Crippen LogP contribution is 2.51. The van der Waals surface area contributed by atoms with Crippen LogP contribution >= 0.6 is 0 Å². The molecule has 0 saturated carbocycles. The normalized spacial score (nSPS) is 14.0. The number of rotatable bonds is 3. The quantitative estimate of drug-likeness (QED) is 0.810. The monoisotopic (exact) mass is 365 g/mol. The van der Waals surface area contributed by atoms with Crippen molar-refractivity contribution in [3.05, 3.63) is 28.8 Å². The van der Waals surface area contributed by atoms with Crippen molar-refractivity contribution in [2.45, 2.75) is 31.8 Å². The van der Waals surface area contributed by atoms with E-state index in [0.29, 0.717) is 6.07 Å². The van der Waals surface area contributed by atoms with Crippen molar-refractivity contribution >= 4 is 15.7 Å². The van der Waals surface area contributed by atoms with Crippen molar-refractivity contribution in [2.75, 3.05) is 11.0 Å². The van der Waals surface area contributed by atoms with Gasteiger partial charge in [-0.15, -0.1) is 0 Å². The van der Waals surface area contributed by atoms with E-state index in [4.69, 9.17) is 0 Å². The third-order valence-corrected chi connectivity index (χ3v) is 3.67. The number of hydrogen-bond acceptors (Lipinski definition) is 3. The number of alkyl halides is 6. The number of nitrogens with one attached hydrogen (secondary N) is 1. The average molecular weight is 365 g/mol. The zero-order valence-electron chi connectivity index (χ0n) is 12.1. The largest absolute Gasteiger partial charge is 0.430 e. The van der Waals surface area contributed by atoms with Crippen molar-refractivity contribution in [2.24, 2.45) is 0 Å². The summed E-state index contributed by atoms with van der Waals surface area (Å²) in [6.45, 7) is 2.02. The van der Waals surface area contributed by atoms with Crippen LogP contribution in [0, 0.1) is 13.8 Å². The molecule has 0 aliphatic heterocycles. The Morgan fingerprint density at radius 1 is 0.957 bits per heavy atom. The molecule has 23 heavy (non-hydrogen) atoms. The van der Waals surface area contributed by atoms with E-state index in [1.165, 1.54) is 0 Å². The predicted octanol–water partition coefficient (Wildman–Crippen LogP) is 2.99. The second kappa shape index (κ2) is 5.55. The van der Waals surface area contributed by atoms with E-state index in [2.05, 4.69) is 0 Å². The molecule has 1 aromatic rings. The highest BCUT2D eigenvalue weighted by Gasteiger charge is 2.71. The fraction of sp³-hybridized carbons (Fsp3) is 0.500. The van der Waals surface area contributed by atoms with Gasteiger partial charge in [0.15, 0.2) is 0 Å². The maximum atomic E-state index is 12.9. The lowest BCUT2D eigenvalue weighted by Crippen LogP contribution is -2.54. The molecule has 0 aliphatic carbocycles. The first-order chi connectivity index (χ1) is 10.0. The molecule has 1 rings (SSSR count). The van der Waals surface area contributed by atoms with Crippen molar-refractivity contribution in [1.82, 2.24) is 0 Å². The van der Waals surface area contributed by atoms with Gasteiger partial charge in [-0.2, -0.15) is 26.3 Å². The van der Waals surface area contributed by atoms with Gasteiger partial charge < -0.3 is 5.11 Å². The van der Waals surface area contributed by atoms with Crippen LogP contribution < -0.4 is 4.72 Å². The average Bonchev–Trinajstić information content (AvgIpc) is 2.27. The lowest BCUT2D eigenvalue weighted by Gasteiger charge is -2.34. The van der Waals surface area contributed by atoms with Crippen LogP contribution in [0.3, 0.4) is 0 Å². The van der Waals surface area contributed by atoms with Crippen molar-refractivity contribution in [3.63, 3.8) is 0 Å². The summed E-state index contributed by atoms with van der Waals surface area (Å²) >= 11 is 0. The van der Waals surface area contributed by atoms with E-state index < -0.39 is 39.1 Å². The Morgan fingerprint density at radius 3 is 1.74 bits per heavy atom. The second-order valence-corrected chi connectivity index (χ2v) is 6.81. The van der Waals surface area contributed by atoms with Crippen LogP contribution in [0.15, 0.2) is 12.1 Å². The number of aryl methyl sites for hydroxylation is 2. The first-order valence-corrected chi connectivity index (χ1v) is 7.85. The highest BCUT2D eigenvalue weighted by molar-refractivity contribution is 7.92. The van der Waals surface area contributed by atoms with E-state index in [1.807, 2.05) is 4.72 Å². The van der Waals surface area contributed by atoms with Crippen LogP contribution in [0.25, 0.3) is 0 Å². The Morgan fingerprint density at radius 2 is 1.39 bits per heavy atom. The molecule has 0 heterocycles. The molecule has 0 atom stereocenters. The third-order valence-electron chi connectivity index (χ3n) is 3.08. The first kappa shape index (κ1) is 19.6. The van der Waals surface area contributed by atoms with Crippen LogP contribution in [0.5, 0.6) is 0 Å². The van der Waals surface area contributed by atoms with Gasteiger partial charge >= 0.3 is 12.4 Å². The molecule has 0 radical (unpaired) electrons. The minimum absolute atomic E-state index is 0.180. The van der Waals surface area contributed by atoms with E-state index in [0.717, 1.165) is 26.2 Å². The standard InChI is InChI=1S/C12H13F6NO3S/c1-6-5-9(19-23(3,21)22)7(2)4-8(6)10(20,11(13,14)15)12(16,17)18/h4-5,19-20H,1-3H3. The zero-order valence-corrected chi connectivity index (χ0v) is 12.9. The maximum absolute atomic E-state index is 12.9. The Bertz CT molecular complexity index is 695. The Labute approximate surface area is 128 Å². The van der Waals surface area contributed by atoms with Gasteiger partial charge in [-0.1, -0.05) is 6.07 Å². The summed E-state index contributed by atoms with van der Waals surface area (Å²) in [6.07, 6.45) is -11.2. The maximum Gasteiger partial charge on any atom is 0.430 e. The van der Waals surface area contributed by atoms with Crippen LogP contribution in [-0.2, 0) is 15.6 Å². The summed E-state index contributed by atoms with van der Waals surface area (Å²) in [6, 6.07) is 1.26. The highest BCUT2D eigenvalue weighted by atomic mass is 32.2. The minimum Gasteiger partial charge on any atom is -0.369 e. The molecule has 2 N–H and O–H groups in total. The topological polar surface area (TPSA) is 66.4 Å².